The number of ether oxygens (including phenoxy) is 1. The highest BCUT2D eigenvalue weighted by Crippen LogP contribution is 2.35. The molecule has 170 valence electrons. The number of para-hydroxylation sites is 1. The van der Waals surface area contributed by atoms with Crippen molar-refractivity contribution in [2.75, 3.05) is 4.72 Å². The van der Waals surface area contributed by atoms with Gasteiger partial charge in [-0.15, -0.1) is 0 Å². The largest absolute Gasteiger partial charge is 0.437 e. The minimum Gasteiger partial charge on any atom is -0.437 e. The number of hydrogen-bond donors (Lipinski definition) is 1. The van der Waals surface area contributed by atoms with Crippen LogP contribution < -0.4 is 9.46 Å². The molecule has 10 heteroatoms. The highest BCUT2D eigenvalue weighted by molar-refractivity contribution is 7.92. The van der Waals surface area contributed by atoms with Gasteiger partial charge in [0, 0.05) is 24.9 Å². The molecule has 0 amide bonds. The van der Waals surface area contributed by atoms with Crippen molar-refractivity contribution in [2.45, 2.75) is 25.7 Å². The molecule has 0 radical (unpaired) electrons. The van der Waals surface area contributed by atoms with Crippen LogP contribution in [0.5, 0.6) is 11.6 Å². The molecule has 0 aliphatic carbocycles. The summed E-state index contributed by atoms with van der Waals surface area (Å²) >= 11 is 6.33. The Morgan fingerprint density at radius 1 is 1.00 bits per heavy atom. The first kappa shape index (κ1) is 22.8. The highest BCUT2D eigenvalue weighted by atomic mass is 35.5. The molecule has 4 aromatic rings. The first-order valence-corrected chi connectivity index (χ1v) is 11.9. The van der Waals surface area contributed by atoms with Gasteiger partial charge in [0.2, 0.25) is 11.8 Å². The molecular weight excluding hydrogens is 462 g/mol. The maximum absolute atomic E-state index is 12.9. The van der Waals surface area contributed by atoms with E-state index in [0.29, 0.717) is 16.5 Å². The molecule has 4 rings (SSSR count). The summed E-state index contributed by atoms with van der Waals surface area (Å²) in [5.41, 5.74) is 4.16. The van der Waals surface area contributed by atoms with Crippen LogP contribution in [0.25, 0.3) is 11.3 Å². The Labute approximate surface area is 197 Å². The molecule has 0 aliphatic heterocycles. The first-order chi connectivity index (χ1) is 15.6. The van der Waals surface area contributed by atoms with E-state index in [9.17, 15) is 8.42 Å². The molecule has 2 heterocycles. The van der Waals surface area contributed by atoms with Crippen molar-refractivity contribution in [2.24, 2.45) is 7.05 Å². The molecule has 2 aromatic heterocycles. The SMILES string of the molecule is Cc1cccc(Cl)c1Oc1cc(-c2c(C)cccc2C)nc(NS(=O)(=O)c2cnn(C)c2)n1. The van der Waals surface area contributed by atoms with E-state index in [1.165, 1.54) is 17.1 Å². The molecule has 33 heavy (non-hydrogen) atoms. The molecule has 8 nitrogen and oxygen atoms in total. The fourth-order valence-electron chi connectivity index (χ4n) is 3.44. The molecule has 0 atom stereocenters. The van der Waals surface area contributed by atoms with Gasteiger partial charge in [-0.2, -0.15) is 10.1 Å². The van der Waals surface area contributed by atoms with Gasteiger partial charge < -0.3 is 4.74 Å². The summed E-state index contributed by atoms with van der Waals surface area (Å²) in [7, 11) is -2.32. The number of aromatic nitrogens is 4. The molecule has 0 saturated carbocycles. The van der Waals surface area contributed by atoms with Crippen molar-refractivity contribution in [1.82, 2.24) is 19.7 Å². The van der Waals surface area contributed by atoms with Crippen LogP contribution in [-0.2, 0) is 17.1 Å². The summed E-state index contributed by atoms with van der Waals surface area (Å²) in [5, 5.41) is 4.34. The third-order valence-corrected chi connectivity index (χ3v) is 6.61. The average molecular weight is 484 g/mol. The Balaban J connectivity index is 1.83. The number of rotatable bonds is 6. The van der Waals surface area contributed by atoms with Crippen LogP contribution in [0.2, 0.25) is 5.02 Å². The zero-order valence-electron chi connectivity index (χ0n) is 18.5. The van der Waals surface area contributed by atoms with E-state index in [1.807, 2.05) is 51.1 Å². The number of nitrogens with zero attached hydrogens (tertiary/aromatic N) is 4. The monoisotopic (exact) mass is 483 g/mol. The Bertz CT molecular complexity index is 1410. The van der Waals surface area contributed by atoms with Crippen LogP contribution in [0.1, 0.15) is 16.7 Å². The number of benzene rings is 2. The second-order valence-electron chi connectivity index (χ2n) is 7.62. The predicted octanol–water partition coefficient (Wildman–Crippen LogP) is 5.05. The lowest BCUT2D eigenvalue weighted by Gasteiger charge is -2.14. The Morgan fingerprint density at radius 3 is 2.30 bits per heavy atom. The molecule has 2 aromatic carbocycles. The number of hydrogen-bond acceptors (Lipinski definition) is 6. The summed E-state index contributed by atoms with van der Waals surface area (Å²) in [6, 6.07) is 12.9. The van der Waals surface area contributed by atoms with Gasteiger partial charge >= 0.3 is 0 Å². The van der Waals surface area contributed by atoms with E-state index < -0.39 is 10.0 Å². The molecule has 0 unspecified atom stereocenters. The molecule has 0 aliphatic rings. The Morgan fingerprint density at radius 2 is 1.67 bits per heavy atom. The number of aryl methyl sites for hydroxylation is 4. The summed E-state index contributed by atoms with van der Waals surface area (Å²) in [5.74, 6) is 0.466. The lowest BCUT2D eigenvalue weighted by molar-refractivity contribution is 0.459. The van der Waals surface area contributed by atoms with Gasteiger partial charge in [-0.05, 0) is 43.5 Å². The normalized spacial score (nSPS) is 11.4. The second kappa shape index (κ2) is 8.84. The van der Waals surface area contributed by atoms with Crippen LogP contribution in [0.15, 0.2) is 59.8 Å². The third kappa shape index (κ3) is 4.84. The number of anilines is 1. The summed E-state index contributed by atoms with van der Waals surface area (Å²) in [6.07, 6.45) is 2.64. The molecule has 0 fully saturated rings. The number of sulfonamides is 1. The van der Waals surface area contributed by atoms with E-state index in [2.05, 4.69) is 19.8 Å². The first-order valence-electron chi connectivity index (χ1n) is 10.0. The maximum Gasteiger partial charge on any atom is 0.267 e. The van der Waals surface area contributed by atoms with Crippen molar-refractivity contribution in [3.8, 4) is 22.9 Å². The van der Waals surface area contributed by atoms with E-state index >= 15 is 0 Å². The minimum atomic E-state index is -3.96. The summed E-state index contributed by atoms with van der Waals surface area (Å²) in [4.78, 5) is 8.79. The smallest absolute Gasteiger partial charge is 0.267 e. The van der Waals surface area contributed by atoms with Gasteiger partial charge in [-0.25, -0.2) is 18.1 Å². The molecule has 0 bridgehead atoms. The quantitative estimate of drug-likeness (QED) is 0.412. The summed E-state index contributed by atoms with van der Waals surface area (Å²) < 4.78 is 35.6. The van der Waals surface area contributed by atoms with E-state index in [1.54, 1.807) is 19.2 Å². The zero-order valence-corrected chi connectivity index (χ0v) is 20.1. The Kier molecular flexibility index (Phi) is 6.09. The maximum atomic E-state index is 12.9. The fourth-order valence-corrected chi connectivity index (χ4v) is 4.62. The second-order valence-corrected chi connectivity index (χ2v) is 9.71. The van der Waals surface area contributed by atoms with E-state index in [0.717, 1.165) is 22.3 Å². The molecular formula is C23H22ClN5O3S. The van der Waals surface area contributed by atoms with Gasteiger partial charge in [0.15, 0.2) is 5.75 Å². The standard InChI is InChI=1S/C23H22ClN5O3S/c1-14-7-5-8-15(2)21(14)19-11-20(32-22-16(3)9-6-10-18(22)24)27-23(26-19)28-33(30,31)17-12-25-29(4)13-17/h5-13H,1-4H3,(H,26,27,28). The van der Waals surface area contributed by atoms with Crippen molar-refractivity contribution >= 4 is 27.6 Å². The lowest BCUT2D eigenvalue weighted by Crippen LogP contribution is -2.15. The molecule has 1 N–H and O–H groups in total. The fraction of sp³-hybridized carbons (Fsp3) is 0.174. The van der Waals surface area contributed by atoms with Crippen LogP contribution >= 0.6 is 11.6 Å². The van der Waals surface area contributed by atoms with Crippen molar-refractivity contribution < 1.29 is 13.2 Å². The van der Waals surface area contributed by atoms with E-state index in [-0.39, 0.29) is 16.7 Å². The number of halogens is 1. The highest BCUT2D eigenvalue weighted by Gasteiger charge is 2.20. The predicted molar refractivity (Wildman–Crippen MR) is 127 cm³/mol. The van der Waals surface area contributed by atoms with Gasteiger partial charge in [0.05, 0.1) is 16.9 Å². The van der Waals surface area contributed by atoms with Crippen LogP contribution in [-0.4, -0.2) is 28.2 Å². The van der Waals surface area contributed by atoms with Crippen molar-refractivity contribution in [1.29, 1.82) is 0 Å². The van der Waals surface area contributed by atoms with Gasteiger partial charge in [-0.3, -0.25) is 4.68 Å². The lowest BCUT2D eigenvalue weighted by atomic mass is 10.00. The third-order valence-electron chi connectivity index (χ3n) is 5.03. The van der Waals surface area contributed by atoms with Crippen LogP contribution in [0.3, 0.4) is 0 Å². The Hall–Kier alpha value is -3.43. The summed E-state index contributed by atoms with van der Waals surface area (Å²) in [6.45, 7) is 5.78. The van der Waals surface area contributed by atoms with Crippen molar-refractivity contribution in [3.63, 3.8) is 0 Å². The van der Waals surface area contributed by atoms with Crippen LogP contribution in [0.4, 0.5) is 5.95 Å². The van der Waals surface area contributed by atoms with E-state index in [4.69, 9.17) is 16.3 Å². The molecule has 0 saturated heterocycles. The topological polar surface area (TPSA) is 99.0 Å². The van der Waals surface area contributed by atoms with Gasteiger partial charge in [0.1, 0.15) is 4.90 Å². The number of nitrogens with one attached hydrogen (secondary N) is 1. The van der Waals surface area contributed by atoms with Gasteiger partial charge in [0.25, 0.3) is 10.0 Å². The van der Waals surface area contributed by atoms with Crippen molar-refractivity contribution in [3.05, 3.63) is 76.6 Å². The molecule has 0 spiro atoms. The zero-order chi connectivity index (χ0) is 23.8. The van der Waals surface area contributed by atoms with Crippen LogP contribution in [0, 0.1) is 20.8 Å². The minimum absolute atomic E-state index is 0.00417. The average Bonchev–Trinajstić information content (AvgIpc) is 3.18. The van der Waals surface area contributed by atoms with Gasteiger partial charge in [-0.1, -0.05) is 41.9 Å².